The Balaban J connectivity index is 1.19. The van der Waals surface area contributed by atoms with Crippen molar-refractivity contribution in [3.05, 3.63) is 75.6 Å². The van der Waals surface area contributed by atoms with E-state index in [-0.39, 0.29) is 55.8 Å². The minimum Gasteiger partial charge on any atom is -0.462 e. The Morgan fingerprint density at radius 1 is 1.04 bits per heavy atom. The van der Waals surface area contributed by atoms with Crippen molar-refractivity contribution in [2.75, 3.05) is 24.7 Å². The maximum Gasteiger partial charge on any atom is 0.355 e. The highest BCUT2D eigenvalue weighted by Gasteiger charge is 2.50. The van der Waals surface area contributed by atoms with E-state index in [0.717, 1.165) is 16.5 Å². The van der Waals surface area contributed by atoms with E-state index in [2.05, 4.69) is 6.58 Å². The summed E-state index contributed by atoms with van der Waals surface area (Å²) in [6.07, 6.45) is 0.231. The minimum absolute atomic E-state index is 0.000858. The molecule has 0 saturated heterocycles. The summed E-state index contributed by atoms with van der Waals surface area (Å²) in [6, 6.07) is 11.5. The van der Waals surface area contributed by atoms with Crippen LogP contribution in [0.15, 0.2) is 53.3 Å². The number of aromatic nitrogens is 2. The van der Waals surface area contributed by atoms with Gasteiger partial charge in [-0.1, -0.05) is 53.3 Å². The monoisotopic (exact) mass is 652 g/mol. The Morgan fingerprint density at radius 3 is 2.49 bits per heavy atom. The highest BCUT2D eigenvalue weighted by molar-refractivity contribution is 8.76. The number of carbonyl (C=O) groups is 4. The molecule has 0 amide bonds. The molecule has 5 rings (SSSR count). The molecule has 2 aromatic heterocycles. The van der Waals surface area contributed by atoms with E-state index in [1.165, 1.54) is 28.5 Å². The second-order valence-electron chi connectivity index (χ2n) is 10.5. The van der Waals surface area contributed by atoms with E-state index in [9.17, 15) is 24.0 Å². The number of benzene rings is 1. The normalized spacial score (nSPS) is 16.3. The number of nitrogens with zero attached hydrogens (tertiary/aromatic N) is 2. The van der Waals surface area contributed by atoms with Crippen molar-refractivity contribution in [3.63, 3.8) is 0 Å². The Bertz CT molecular complexity index is 1750. The molecule has 11 nitrogen and oxygen atoms in total. The lowest BCUT2D eigenvalue weighted by Crippen LogP contribution is -2.47. The third-order valence-corrected chi connectivity index (χ3v) is 9.87. The third kappa shape index (κ3) is 6.79. The molecule has 0 radical (unpaired) electrons. The van der Waals surface area contributed by atoms with Crippen LogP contribution in [0.3, 0.4) is 0 Å². The van der Waals surface area contributed by atoms with Crippen LogP contribution >= 0.6 is 21.6 Å². The zero-order chi connectivity index (χ0) is 32.1. The number of hydrogen-bond acceptors (Lipinski definition) is 12. The van der Waals surface area contributed by atoms with Crippen molar-refractivity contribution in [2.45, 2.75) is 51.9 Å². The van der Waals surface area contributed by atoms with E-state index in [1.807, 2.05) is 30.3 Å². The van der Waals surface area contributed by atoms with Gasteiger partial charge in [-0.15, -0.1) is 0 Å². The smallest absolute Gasteiger partial charge is 0.355 e. The third-order valence-electron chi connectivity index (χ3n) is 7.46. The van der Waals surface area contributed by atoms with E-state index in [1.54, 1.807) is 17.6 Å². The molecule has 0 bridgehead atoms. The van der Waals surface area contributed by atoms with Gasteiger partial charge in [0.1, 0.15) is 19.8 Å². The summed E-state index contributed by atoms with van der Waals surface area (Å²) in [4.78, 5) is 67.8. The number of para-hydroxylation sites is 1. The molecule has 0 unspecified atom stereocenters. The van der Waals surface area contributed by atoms with Crippen LogP contribution in [0.25, 0.3) is 22.3 Å². The van der Waals surface area contributed by atoms with Crippen LogP contribution in [0, 0.1) is 0 Å². The fraction of sp³-hybridized carbons (Fsp3) is 0.375. The highest BCUT2D eigenvalue weighted by atomic mass is 33.1. The summed E-state index contributed by atoms with van der Waals surface area (Å²) in [5.41, 5.74) is 1.75. The molecule has 236 valence electrons. The first kappa shape index (κ1) is 32.3. The molecule has 1 atom stereocenters. The standard InChI is InChI=1S/C32H32N2O9S2/c1-4-32(43-27(36)10-14-45-44-13-9-26(35)40-11-12-41-30(38)19(2)3)23-16-25-28-21(15-20-7-5-6-8-24(20)33-28)17-34(25)29(37)22(23)18-42-31(32)39/h5-8,15-16H,2,4,9-14,17-18H2,1,3H3/t32-/m0/s1. The molecule has 0 saturated carbocycles. The van der Waals surface area contributed by atoms with Crippen molar-refractivity contribution in [2.24, 2.45) is 0 Å². The predicted molar refractivity (Wildman–Crippen MR) is 169 cm³/mol. The van der Waals surface area contributed by atoms with Crippen LogP contribution in [0.2, 0.25) is 0 Å². The molecule has 0 spiro atoms. The van der Waals surface area contributed by atoms with Crippen LogP contribution in [0.4, 0.5) is 0 Å². The van der Waals surface area contributed by atoms with Crippen LogP contribution in [0.1, 0.15) is 49.8 Å². The summed E-state index contributed by atoms with van der Waals surface area (Å²) in [7, 11) is 2.77. The molecule has 0 N–H and O–H groups in total. The number of carbonyl (C=O) groups excluding carboxylic acids is 4. The van der Waals surface area contributed by atoms with Gasteiger partial charge in [-0.05, 0) is 31.5 Å². The van der Waals surface area contributed by atoms with Gasteiger partial charge >= 0.3 is 23.9 Å². The maximum absolute atomic E-state index is 13.7. The van der Waals surface area contributed by atoms with Crippen LogP contribution in [-0.4, -0.2) is 58.1 Å². The van der Waals surface area contributed by atoms with Gasteiger partial charge in [0.25, 0.3) is 5.56 Å². The number of esters is 4. The Morgan fingerprint density at radius 2 is 1.76 bits per heavy atom. The van der Waals surface area contributed by atoms with Crippen molar-refractivity contribution < 1.29 is 38.1 Å². The van der Waals surface area contributed by atoms with Crippen molar-refractivity contribution in [3.8, 4) is 11.4 Å². The molecule has 0 fully saturated rings. The highest BCUT2D eigenvalue weighted by Crippen LogP contribution is 2.41. The first-order chi connectivity index (χ1) is 21.6. The number of ether oxygens (including phenoxy) is 4. The number of rotatable bonds is 13. The fourth-order valence-corrected chi connectivity index (χ4v) is 7.12. The van der Waals surface area contributed by atoms with Crippen molar-refractivity contribution >= 4 is 56.4 Å². The number of fused-ring (bicyclic) bond motifs is 5. The lowest BCUT2D eigenvalue weighted by Gasteiger charge is -2.35. The molecule has 45 heavy (non-hydrogen) atoms. The number of pyridine rings is 2. The van der Waals surface area contributed by atoms with Crippen LogP contribution in [0.5, 0.6) is 0 Å². The second kappa shape index (κ2) is 13.9. The lowest BCUT2D eigenvalue weighted by molar-refractivity contribution is -0.189. The second-order valence-corrected chi connectivity index (χ2v) is 13.2. The molecule has 2 aliphatic rings. The Hall–Kier alpha value is -4.10. The zero-order valence-corrected chi connectivity index (χ0v) is 26.6. The summed E-state index contributed by atoms with van der Waals surface area (Å²) in [5.74, 6) is -1.47. The average Bonchev–Trinajstić information content (AvgIpc) is 3.38. The molecule has 1 aromatic carbocycles. The van der Waals surface area contributed by atoms with E-state index in [4.69, 9.17) is 23.9 Å². The molecular weight excluding hydrogens is 620 g/mol. The summed E-state index contributed by atoms with van der Waals surface area (Å²) >= 11 is 0. The average molecular weight is 653 g/mol. The lowest BCUT2D eigenvalue weighted by atomic mass is 9.85. The van der Waals surface area contributed by atoms with Gasteiger partial charge in [0.15, 0.2) is 0 Å². The molecule has 4 heterocycles. The predicted octanol–water partition coefficient (Wildman–Crippen LogP) is 4.45. The van der Waals surface area contributed by atoms with Gasteiger partial charge in [0.2, 0.25) is 5.60 Å². The number of cyclic esters (lactones) is 1. The van der Waals surface area contributed by atoms with Gasteiger partial charge in [0.05, 0.1) is 41.9 Å². The maximum atomic E-state index is 13.7. The molecule has 2 aliphatic heterocycles. The number of hydrogen-bond donors (Lipinski definition) is 0. The molecule has 13 heteroatoms. The van der Waals surface area contributed by atoms with Gasteiger partial charge in [-0.3, -0.25) is 14.4 Å². The summed E-state index contributed by atoms with van der Waals surface area (Å²) in [6.45, 7) is 6.77. The SMILES string of the molecule is C=C(C)C(=O)OCCOC(=O)CCSSCCC(=O)O[C@]1(CC)C(=O)OCc2c1cc1n(c2=O)Cc2cc3ccccc3nc2-1. The van der Waals surface area contributed by atoms with Crippen LogP contribution < -0.4 is 5.56 Å². The summed E-state index contributed by atoms with van der Waals surface area (Å²) in [5, 5.41) is 0.965. The summed E-state index contributed by atoms with van der Waals surface area (Å²) < 4.78 is 22.8. The van der Waals surface area contributed by atoms with E-state index < -0.39 is 29.5 Å². The minimum atomic E-state index is -1.75. The Kier molecular flexibility index (Phi) is 9.98. The van der Waals surface area contributed by atoms with E-state index in [0.29, 0.717) is 35.0 Å². The van der Waals surface area contributed by atoms with E-state index >= 15 is 0 Å². The first-order valence-corrected chi connectivity index (χ1v) is 16.9. The molecule has 0 aliphatic carbocycles. The topological polar surface area (TPSA) is 140 Å². The first-order valence-electron chi connectivity index (χ1n) is 14.4. The molecular formula is C32H32N2O9S2. The van der Waals surface area contributed by atoms with Crippen LogP contribution in [-0.2, 0) is 56.9 Å². The Labute approximate surface area is 267 Å². The fourth-order valence-electron chi connectivity index (χ4n) is 5.18. The van der Waals surface area contributed by atoms with Gasteiger partial charge in [-0.25, -0.2) is 14.6 Å². The van der Waals surface area contributed by atoms with Crippen molar-refractivity contribution in [1.82, 2.24) is 9.55 Å². The largest absolute Gasteiger partial charge is 0.462 e. The quantitative estimate of drug-likeness (QED) is 0.0662. The molecule has 3 aromatic rings. The van der Waals surface area contributed by atoms with Crippen molar-refractivity contribution in [1.29, 1.82) is 0 Å². The van der Waals surface area contributed by atoms with Gasteiger partial charge < -0.3 is 23.5 Å². The van der Waals surface area contributed by atoms with Gasteiger partial charge in [0, 0.05) is 33.6 Å². The zero-order valence-electron chi connectivity index (χ0n) is 24.9. The van der Waals surface area contributed by atoms with Gasteiger partial charge in [-0.2, -0.15) is 0 Å².